The van der Waals surface area contributed by atoms with E-state index in [1.165, 1.54) is 14.0 Å². The maximum absolute atomic E-state index is 10.1. The molecular formula is C11H24O4. The number of hydrogen-bond donors (Lipinski definition) is 1. The molecule has 0 saturated carbocycles. The summed E-state index contributed by atoms with van der Waals surface area (Å²) in [6.07, 6.45) is 3.20. The largest absolute Gasteiger partial charge is 0.466 e. The van der Waals surface area contributed by atoms with Gasteiger partial charge in [0.25, 0.3) is 0 Å². The van der Waals surface area contributed by atoms with Crippen LogP contribution in [0.2, 0.25) is 0 Å². The molecule has 0 aliphatic heterocycles. The zero-order valence-corrected chi connectivity index (χ0v) is 10.3. The molecule has 0 heterocycles. The molecule has 0 aromatic carbocycles. The molecule has 0 fully saturated rings. The van der Waals surface area contributed by atoms with Crippen LogP contribution in [-0.4, -0.2) is 31.1 Å². The predicted octanol–water partition coefficient (Wildman–Crippen LogP) is 2.10. The van der Waals surface area contributed by atoms with Crippen molar-refractivity contribution in [1.29, 1.82) is 0 Å². The van der Waals surface area contributed by atoms with E-state index in [0.717, 1.165) is 25.7 Å². The molecule has 4 heteroatoms. The van der Waals surface area contributed by atoms with Crippen molar-refractivity contribution >= 4 is 5.97 Å². The summed E-state index contributed by atoms with van der Waals surface area (Å²) in [5.41, 5.74) is 0. The normalized spacial score (nSPS) is 11.3. The van der Waals surface area contributed by atoms with Crippen molar-refractivity contribution in [3.63, 3.8) is 0 Å². The van der Waals surface area contributed by atoms with Crippen LogP contribution in [0.25, 0.3) is 0 Å². The number of carbonyl (C=O) groups is 1. The third kappa shape index (κ3) is 19.7. The Hall–Kier alpha value is -0.610. The van der Waals surface area contributed by atoms with Crippen LogP contribution in [0.5, 0.6) is 0 Å². The lowest BCUT2D eigenvalue weighted by Gasteiger charge is -2.03. The second-order valence-electron chi connectivity index (χ2n) is 3.17. The first kappa shape index (κ1) is 16.8. The van der Waals surface area contributed by atoms with E-state index in [4.69, 9.17) is 5.11 Å². The van der Waals surface area contributed by atoms with Gasteiger partial charge in [-0.25, -0.2) is 0 Å². The summed E-state index contributed by atoms with van der Waals surface area (Å²) in [5.74, 6) is -0.182. The van der Waals surface area contributed by atoms with Crippen molar-refractivity contribution < 1.29 is 19.4 Å². The first-order valence-electron chi connectivity index (χ1n) is 5.42. The fourth-order valence-corrected chi connectivity index (χ4v) is 0.725. The second-order valence-corrected chi connectivity index (χ2v) is 3.17. The molecule has 0 rings (SSSR count). The number of aliphatic hydroxyl groups excluding tert-OH is 1. The molecule has 0 saturated heterocycles. The third-order valence-electron chi connectivity index (χ3n) is 1.61. The van der Waals surface area contributed by atoms with Crippen molar-refractivity contribution in [2.24, 2.45) is 0 Å². The molecule has 0 aliphatic carbocycles. The van der Waals surface area contributed by atoms with Gasteiger partial charge >= 0.3 is 5.97 Å². The number of esters is 1. The molecule has 0 amide bonds. The van der Waals surface area contributed by atoms with Gasteiger partial charge in [-0.1, -0.05) is 26.7 Å². The van der Waals surface area contributed by atoms with Gasteiger partial charge in [0.15, 0.2) is 6.29 Å². The number of rotatable bonds is 6. The number of hydrogen-bond acceptors (Lipinski definition) is 4. The van der Waals surface area contributed by atoms with Gasteiger partial charge < -0.3 is 14.6 Å². The molecule has 1 unspecified atom stereocenters. The minimum atomic E-state index is -0.551. The van der Waals surface area contributed by atoms with Gasteiger partial charge in [-0.05, 0) is 12.8 Å². The van der Waals surface area contributed by atoms with E-state index in [9.17, 15) is 4.79 Å². The molecule has 1 N–H and O–H groups in total. The smallest absolute Gasteiger partial charge is 0.302 e. The Labute approximate surface area is 92.6 Å². The summed E-state index contributed by atoms with van der Waals surface area (Å²) in [7, 11) is 1.50. The average Bonchev–Trinajstić information content (AvgIpc) is 2.19. The predicted molar refractivity (Wildman–Crippen MR) is 59.5 cm³/mol. The lowest BCUT2D eigenvalue weighted by atomic mass is 10.3. The standard InChI is InChI=1S/C6H12O2.C5H12O2/c1-3-4-5-8-6(2)7;1-3-4-5(6)7-2/h3-5H2,1-2H3;5-6H,3-4H2,1-2H3. The van der Waals surface area contributed by atoms with E-state index in [0.29, 0.717) is 6.61 Å². The van der Waals surface area contributed by atoms with Crippen LogP contribution in [0.3, 0.4) is 0 Å². The summed E-state index contributed by atoms with van der Waals surface area (Å²) in [5, 5.41) is 8.64. The minimum Gasteiger partial charge on any atom is -0.466 e. The lowest BCUT2D eigenvalue weighted by Crippen LogP contribution is -2.06. The van der Waals surface area contributed by atoms with Crippen LogP contribution in [-0.2, 0) is 14.3 Å². The Morgan fingerprint density at radius 1 is 1.33 bits per heavy atom. The number of unbranched alkanes of at least 4 members (excludes halogenated alkanes) is 1. The van der Waals surface area contributed by atoms with Crippen molar-refractivity contribution in [2.45, 2.75) is 52.7 Å². The van der Waals surface area contributed by atoms with Crippen LogP contribution in [0.1, 0.15) is 46.5 Å². The monoisotopic (exact) mass is 220 g/mol. The third-order valence-corrected chi connectivity index (χ3v) is 1.61. The maximum Gasteiger partial charge on any atom is 0.302 e. The Bertz CT molecular complexity index is 137. The van der Waals surface area contributed by atoms with Gasteiger partial charge in [-0.2, -0.15) is 0 Å². The molecule has 0 aromatic rings. The van der Waals surface area contributed by atoms with Crippen molar-refractivity contribution in [3.8, 4) is 0 Å². The van der Waals surface area contributed by atoms with Crippen molar-refractivity contribution in [3.05, 3.63) is 0 Å². The number of carbonyl (C=O) groups excluding carboxylic acids is 1. The summed E-state index contributed by atoms with van der Waals surface area (Å²) >= 11 is 0. The Kier molecular flexibility index (Phi) is 15.0. The van der Waals surface area contributed by atoms with Gasteiger partial charge in [0, 0.05) is 14.0 Å². The van der Waals surface area contributed by atoms with E-state index in [2.05, 4.69) is 16.4 Å². The van der Waals surface area contributed by atoms with Gasteiger partial charge in [0.1, 0.15) is 0 Å². The molecule has 0 bridgehead atoms. The summed E-state index contributed by atoms with van der Waals surface area (Å²) in [4.78, 5) is 10.1. The Balaban J connectivity index is 0. The fraction of sp³-hybridized carbons (Fsp3) is 0.909. The maximum atomic E-state index is 10.1. The van der Waals surface area contributed by atoms with E-state index in [-0.39, 0.29) is 5.97 Å². The van der Waals surface area contributed by atoms with E-state index < -0.39 is 6.29 Å². The van der Waals surface area contributed by atoms with Crippen LogP contribution in [0.15, 0.2) is 0 Å². The SMILES string of the molecule is CCCC(O)OC.CCCCOC(C)=O. The highest BCUT2D eigenvalue weighted by Gasteiger charge is 1.94. The highest BCUT2D eigenvalue weighted by molar-refractivity contribution is 5.65. The van der Waals surface area contributed by atoms with E-state index in [1.54, 1.807) is 0 Å². The summed E-state index contributed by atoms with van der Waals surface area (Å²) in [6.45, 7) is 6.06. The van der Waals surface area contributed by atoms with Crippen molar-refractivity contribution in [2.75, 3.05) is 13.7 Å². The first-order valence-corrected chi connectivity index (χ1v) is 5.42. The van der Waals surface area contributed by atoms with E-state index in [1.807, 2.05) is 6.92 Å². The summed E-state index contributed by atoms with van der Waals surface area (Å²) in [6, 6.07) is 0. The van der Waals surface area contributed by atoms with Gasteiger partial charge in [-0.3, -0.25) is 4.79 Å². The zero-order valence-electron chi connectivity index (χ0n) is 10.3. The molecule has 4 nitrogen and oxygen atoms in total. The number of ether oxygens (including phenoxy) is 2. The molecule has 0 radical (unpaired) electrons. The van der Waals surface area contributed by atoms with Crippen LogP contribution < -0.4 is 0 Å². The molecule has 0 aliphatic rings. The van der Waals surface area contributed by atoms with E-state index >= 15 is 0 Å². The quantitative estimate of drug-likeness (QED) is 0.423. The second kappa shape index (κ2) is 13.4. The molecule has 0 aromatic heterocycles. The topological polar surface area (TPSA) is 55.8 Å². The number of aliphatic hydroxyl groups is 1. The number of methoxy groups -OCH3 is 1. The fourth-order valence-electron chi connectivity index (χ4n) is 0.725. The average molecular weight is 220 g/mol. The van der Waals surface area contributed by atoms with Crippen LogP contribution >= 0.6 is 0 Å². The van der Waals surface area contributed by atoms with Crippen LogP contribution in [0, 0.1) is 0 Å². The molecular weight excluding hydrogens is 196 g/mol. The molecule has 15 heavy (non-hydrogen) atoms. The summed E-state index contributed by atoms with van der Waals surface area (Å²) < 4.78 is 9.19. The lowest BCUT2D eigenvalue weighted by molar-refractivity contribution is -0.141. The van der Waals surface area contributed by atoms with Crippen LogP contribution in [0.4, 0.5) is 0 Å². The molecule has 0 spiro atoms. The highest BCUT2D eigenvalue weighted by atomic mass is 16.6. The zero-order chi connectivity index (χ0) is 12.1. The van der Waals surface area contributed by atoms with Gasteiger partial charge in [-0.15, -0.1) is 0 Å². The highest BCUT2D eigenvalue weighted by Crippen LogP contribution is 1.93. The molecule has 1 atom stereocenters. The Morgan fingerprint density at radius 3 is 2.20 bits per heavy atom. The van der Waals surface area contributed by atoms with Gasteiger partial charge in [0.05, 0.1) is 6.61 Å². The first-order chi connectivity index (χ1) is 7.08. The van der Waals surface area contributed by atoms with Crippen molar-refractivity contribution in [1.82, 2.24) is 0 Å². The minimum absolute atomic E-state index is 0.182. The Morgan fingerprint density at radius 2 is 1.93 bits per heavy atom. The molecule has 92 valence electrons. The van der Waals surface area contributed by atoms with Gasteiger partial charge in [0.2, 0.25) is 0 Å².